The number of rotatable bonds is 7. The van der Waals surface area contributed by atoms with Gasteiger partial charge in [0.25, 0.3) is 5.56 Å². The Kier molecular flexibility index (Phi) is 5.91. The molecule has 1 heterocycles. The van der Waals surface area contributed by atoms with Gasteiger partial charge in [0.05, 0.1) is 6.33 Å². The minimum absolute atomic E-state index is 0.0500. The van der Waals surface area contributed by atoms with Gasteiger partial charge in [-0.1, -0.05) is 13.8 Å². The number of nitrogens with zero attached hydrogens (tertiary/aromatic N) is 2. The Bertz CT molecular complexity index is 386. The van der Waals surface area contributed by atoms with Crippen molar-refractivity contribution in [2.24, 2.45) is 0 Å². The zero-order valence-electron chi connectivity index (χ0n) is 11.1. The number of hydrogen-bond acceptors (Lipinski definition) is 3. The lowest BCUT2D eigenvalue weighted by Gasteiger charge is -2.15. The summed E-state index contributed by atoms with van der Waals surface area (Å²) in [4.78, 5) is 15.8. The third-order valence-corrected chi connectivity index (χ3v) is 2.95. The fourth-order valence-electron chi connectivity index (χ4n) is 1.93. The second kappa shape index (κ2) is 7.22. The molecule has 0 aliphatic heterocycles. The van der Waals surface area contributed by atoms with Crippen molar-refractivity contribution < 1.29 is 0 Å². The normalized spacial score (nSPS) is 12.6. The smallest absolute Gasteiger partial charge is 0.253 e. The van der Waals surface area contributed by atoms with Crippen LogP contribution in [0, 0.1) is 6.92 Å². The summed E-state index contributed by atoms with van der Waals surface area (Å²) in [7, 11) is 0. The van der Waals surface area contributed by atoms with Crippen LogP contribution >= 0.6 is 0 Å². The molecule has 0 bridgehead atoms. The molecule has 1 atom stereocenters. The van der Waals surface area contributed by atoms with E-state index in [1.807, 2.05) is 6.92 Å². The number of nitrogens with one attached hydrogen (secondary N) is 1. The lowest BCUT2D eigenvalue weighted by atomic mass is 10.1. The Balaban J connectivity index is 2.42. The van der Waals surface area contributed by atoms with Gasteiger partial charge in [-0.05, 0) is 32.7 Å². The van der Waals surface area contributed by atoms with Gasteiger partial charge in [0.2, 0.25) is 0 Å². The van der Waals surface area contributed by atoms with Crippen LogP contribution in [0.4, 0.5) is 0 Å². The van der Waals surface area contributed by atoms with Crippen LogP contribution in [-0.4, -0.2) is 22.1 Å². The Morgan fingerprint density at radius 3 is 2.82 bits per heavy atom. The van der Waals surface area contributed by atoms with Crippen molar-refractivity contribution in [1.82, 2.24) is 14.9 Å². The maximum Gasteiger partial charge on any atom is 0.253 e. The van der Waals surface area contributed by atoms with Crippen LogP contribution in [0.1, 0.15) is 38.8 Å². The molecule has 0 radical (unpaired) electrons. The molecule has 1 aromatic rings. The van der Waals surface area contributed by atoms with Crippen molar-refractivity contribution in [2.75, 3.05) is 6.54 Å². The van der Waals surface area contributed by atoms with E-state index < -0.39 is 0 Å². The Hall–Kier alpha value is -1.16. The van der Waals surface area contributed by atoms with Crippen molar-refractivity contribution in [3.8, 4) is 0 Å². The first kappa shape index (κ1) is 13.9. The van der Waals surface area contributed by atoms with Crippen LogP contribution < -0.4 is 10.9 Å². The molecule has 1 N–H and O–H groups in total. The fourth-order valence-corrected chi connectivity index (χ4v) is 1.93. The highest BCUT2D eigenvalue weighted by Gasteiger charge is 2.04. The van der Waals surface area contributed by atoms with Crippen molar-refractivity contribution in [2.45, 2.75) is 52.6 Å². The second-order valence-electron chi connectivity index (χ2n) is 4.37. The molecule has 0 saturated carbocycles. The van der Waals surface area contributed by atoms with Crippen molar-refractivity contribution in [3.05, 3.63) is 28.4 Å². The average Bonchev–Trinajstić information content (AvgIpc) is 2.30. The maximum atomic E-state index is 11.6. The fraction of sp³-hybridized carbons (Fsp3) is 0.692. The first-order valence-electron chi connectivity index (χ1n) is 6.43. The van der Waals surface area contributed by atoms with Gasteiger partial charge in [-0.3, -0.25) is 9.36 Å². The number of aryl methyl sites for hydroxylation is 2. The van der Waals surface area contributed by atoms with Gasteiger partial charge < -0.3 is 5.32 Å². The molecule has 1 rings (SSSR count). The monoisotopic (exact) mass is 237 g/mol. The summed E-state index contributed by atoms with van der Waals surface area (Å²) in [6.07, 6.45) is 4.89. The molecule has 0 spiro atoms. The summed E-state index contributed by atoms with van der Waals surface area (Å²) in [5.74, 6) is 0. The highest BCUT2D eigenvalue weighted by atomic mass is 16.1. The first-order chi connectivity index (χ1) is 8.17. The third kappa shape index (κ3) is 4.69. The molecule has 1 unspecified atom stereocenters. The predicted octanol–water partition coefficient (Wildman–Crippen LogP) is 1.72. The second-order valence-corrected chi connectivity index (χ2v) is 4.37. The van der Waals surface area contributed by atoms with Gasteiger partial charge >= 0.3 is 0 Å². The predicted molar refractivity (Wildman–Crippen MR) is 70.2 cm³/mol. The Morgan fingerprint density at radius 2 is 2.24 bits per heavy atom. The van der Waals surface area contributed by atoms with Crippen molar-refractivity contribution in [1.29, 1.82) is 0 Å². The van der Waals surface area contributed by atoms with E-state index in [-0.39, 0.29) is 5.56 Å². The van der Waals surface area contributed by atoms with Crippen LogP contribution in [0.5, 0.6) is 0 Å². The Labute approximate surface area is 103 Å². The van der Waals surface area contributed by atoms with Gasteiger partial charge in [-0.25, -0.2) is 4.98 Å². The molecule has 4 nitrogen and oxygen atoms in total. The minimum atomic E-state index is 0.0500. The lowest BCUT2D eigenvalue weighted by molar-refractivity contribution is 0.445. The van der Waals surface area contributed by atoms with E-state index >= 15 is 0 Å². The summed E-state index contributed by atoms with van der Waals surface area (Å²) in [5, 5.41) is 3.44. The summed E-state index contributed by atoms with van der Waals surface area (Å²) in [6, 6.07) is 2.15. The van der Waals surface area contributed by atoms with Crippen molar-refractivity contribution >= 4 is 0 Å². The largest absolute Gasteiger partial charge is 0.314 e. The van der Waals surface area contributed by atoms with Crippen LogP contribution in [0.2, 0.25) is 0 Å². The highest BCUT2D eigenvalue weighted by Crippen LogP contribution is 2.02. The van der Waals surface area contributed by atoms with Gasteiger partial charge in [-0.15, -0.1) is 0 Å². The van der Waals surface area contributed by atoms with Gasteiger partial charge in [0.1, 0.15) is 0 Å². The highest BCUT2D eigenvalue weighted by molar-refractivity contribution is 4.95. The van der Waals surface area contributed by atoms with Gasteiger partial charge in [0.15, 0.2) is 0 Å². The maximum absolute atomic E-state index is 11.6. The van der Waals surface area contributed by atoms with E-state index in [0.717, 1.165) is 38.0 Å². The molecule has 0 amide bonds. The standard InChI is InChI=1S/C13H23N3O/c1-4-12(14-5-2)7-6-8-16-10-15-11(3)9-13(16)17/h9-10,12,14H,4-8H2,1-3H3. The van der Waals surface area contributed by atoms with Crippen LogP contribution in [0.3, 0.4) is 0 Å². The molecule has 4 heteroatoms. The quantitative estimate of drug-likeness (QED) is 0.785. The zero-order chi connectivity index (χ0) is 12.7. The SMILES string of the molecule is CCNC(CC)CCCn1cnc(C)cc1=O. The topological polar surface area (TPSA) is 46.9 Å². The minimum Gasteiger partial charge on any atom is -0.314 e. The van der Waals surface area contributed by atoms with Gasteiger partial charge in [-0.2, -0.15) is 0 Å². The summed E-state index contributed by atoms with van der Waals surface area (Å²) in [6.45, 7) is 7.91. The molecule has 0 saturated heterocycles. The van der Waals surface area contributed by atoms with Crippen LogP contribution in [0.25, 0.3) is 0 Å². The summed E-state index contributed by atoms with van der Waals surface area (Å²) in [5.41, 5.74) is 0.833. The van der Waals surface area contributed by atoms with E-state index in [9.17, 15) is 4.79 Å². The first-order valence-corrected chi connectivity index (χ1v) is 6.43. The van der Waals surface area contributed by atoms with Gasteiger partial charge in [0, 0.05) is 24.3 Å². The molecule has 1 aromatic heterocycles. The molecular formula is C13H23N3O. The van der Waals surface area contributed by atoms with E-state index in [0.29, 0.717) is 6.04 Å². The Morgan fingerprint density at radius 1 is 1.47 bits per heavy atom. The molecule has 0 aromatic carbocycles. The van der Waals surface area contributed by atoms with Crippen LogP contribution in [-0.2, 0) is 6.54 Å². The summed E-state index contributed by atoms with van der Waals surface area (Å²) >= 11 is 0. The summed E-state index contributed by atoms with van der Waals surface area (Å²) < 4.78 is 1.69. The molecule has 17 heavy (non-hydrogen) atoms. The van der Waals surface area contributed by atoms with Crippen molar-refractivity contribution in [3.63, 3.8) is 0 Å². The van der Waals surface area contributed by atoms with E-state index in [1.165, 1.54) is 0 Å². The molecule has 0 fully saturated rings. The lowest BCUT2D eigenvalue weighted by Crippen LogP contribution is -2.29. The molecule has 0 aliphatic carbocycles. The van der Waals surface area contributed by atoms with E-state index in [4.69, 9.17) is 0 Å². The number of aromatic nitrogens is 2. The average molecular weight is 237 g/mol. The zero-order valence-corrected chi connectivity index (χ0v) is 11.1. The third-order valence-electron chi connectivity index (χ3n) is 2.95. The molecule has 96 valence electrons. The molecule has 0 aliphatic rings. The number of hydrogen-bond donors (Lipinski definition) is 1. The van der Waals surface area contributed by atoms with Crippen LogP contribution in [0.15, 0.2) is 17.2 Å². The van der Waals surface area contributed by atoms with E-state index in [2.05, 4.69) is 24.1 Å². The molecular weight excluding hydrogens is 214 g/mol. The van der Waals surface area contributed by atoms with E-state index in [1.54, 1.807) is 17.0 Å².